The first-order valence-corrected chi connectivity index (χ1v) is 8.46. The van der Waals surface area contributed by atoms with Crippen LogP contribution in [-0.2, 0) is 0 Å². The lowest BCUT2D eigenvalue weighted by Gasteiger charge is -2.20. The molecule has 0 spiro atoms. The second kappa shape index (κ2) is 7.66. The highest BCUT2D eigenvalue weighted by molar-refractivity contribution is 7.99. The van der Waals surface area contributed by atoms with Crippen LogP contribution in [0.25, 0.3) is 0 Å². The number of benzene rings is 1. The Balaban J connectivity index is 2.08. The zero-order valence-electron chi connectivity index (χ0n) is 13.3. The lowest BCUT2D eigenvalue weighted by Crippen LogP contribution is -2.24. The van der Waals surface area contributed by atoms with Crippen LogP contribution in [0, 0.1) is 20.8 Å². The number of nitrogens with zero attached hydrogens (tertiary/aromatic N) is 1. The lowest BCUT2D eigenvalue weighted by atomic mass is 10.0. The second-order valence-corrected chi connectivity index (χ2v) is 6.27. The number of oxazole rings is 1. The molecule has 2 rings (SSSR count). The van der Waals surface area contributed by atoms with Crippen molar-refractivity contribution in [2.24, 2.45) is 0 Å². The zero-order valence-corrected chi connectivity index (χ0v) is 14.1. The van der Waals surface area contributed by atoms with Crippen LogP contribution in [0.5, 0.6) is 0 Å². The molecule has 0 amide bonds. The molecule has 1 aromatic carbocycles. The first-order valence-electron chi connectivity index (χ1n) is 7.47. The molecule has 4 heteroatoms. The van der Waals surface area contributed by atoms with E-state index in [1.54, 1.807) is 11.8 Å². The van der Waals surface area contributed by atoms with Gasteiger partial charge in [-0.2, -0.15) is 0 Å². The van der Waals surface area contributed by atoms with E-state index >= 15 is 0 Å². The van der Waals surface area contributed by atoms with Crippen molar-refractivity contribution in [3.63, 3.8) is 0 Å². The van der Waals surface area contributed by atoms with E-state index in [1.807, 2.05) is 13.8 Å². The van der Waals surface area contributed by atoms with Crippen LogP contribution >= 0.6 is 11.8 Å². The standard InChI is InChI=1S/C17H24N2OS/c1-5-10-18-16(15-9-7-6-8-12(15)2)11-21-17-19-13(3)14(4)20-17/h6-9,16,18H,5,10-11H2,1-4H3. The Kier molecular flexibility index (Phi) is 5.88. The van der Waals surface area contributed by atoms with E-state index in [0.29, 0.717) is 6.04 Å². The first kappa shape index (κ1) is 16.1. The maximum Gasteiger partial charge on any atom is 0.256 e. The number of hydrogen-bond donors (Lipinski definition) is 1. The average Bonchev–Trinajstić information content (AvgIpc) is 2.79. The van der Waals surface area contributed by atoms with E-state index in [9.17, 15) is 0 Å². The third kappa shape index (κ3) is 4.35. The Bertz CT molecular complexity index is 560. The van der Waals surface area contributed by atoms with Gasteiger partial charge in [-0.15, -0.1) is 0 Å². The number of aryl methyl sites for hydroxylation is 3. The van der Waals surface area contributed by atoms with Crippen molar-refractivity contribution >= 4 is 11.8 Å². The third-order valence-corrected chi connectivity index (χ3v) is 4.51. The Morgan fingerprint density at radius 2 is 2.00 bits per heavy atom. The summed E-state index contributed by atoms with van der Waals surface area (Å²) in [5.74, 6) is 1.83. The van der Waals surface area contributed by atoms with E-state index in [-0.39, 0.29) is 0 Å². The molecule has 1 aromatic heterocycles. The van der Waals surface area contributed by atoms with Gasteiger partial charge in [-0.3, -0.25) is 0 Å². The van der Waals surface area contributed by atoms with Gasteiger partial charge in [-0.05, 0) is 44.9 Å². The van der Waals surface area contributed by atoms with Crippen molar-refractivity contribution < 1.29 is 4.42 Å². The second-order valence-electron chi connectivity index (χ2n) is 5.30. The molecular weight excluding hydrogens is 280 g/mol. The predicted molar refractivity (Wildman–Crippen MR) is 88.9 cm³/mol. The van der Waals surface area contributed by atoms with Crippen LogP contribution in [-0.4, -0.2) is 17.3 Å². The van der Waals surface area contributed by atoms with Crippen molar-refractivity contribution in [2.45, 2.75) is 45.4 Å². The fourth-order valence-corrected chi connectivity index (χ4v) is 3.21. The highest BCUT2D eigenvalue weighted by Gasteiger charge is 2.15. The molecule has 0 aliphatic carbocycles. The molecule has 1 heterocycles. The van der Waals surface area contributed by atoms with Gasteiger partial charge in [-0.25, -0.2) is 4.98 Å². The van der Waals surface area contributed by atoms with Crippen LogP contribution in [0.1, 0.15) is 42.0 Å². The van der Waals surface area contributed by atoms with Crippen LogP contribution in [0.15, 0.2) is 33.9 Å². The molecule has 0 bridgehead atoms. The minimum Gasteiger partial charge on any atom is -0.437 e. The first-order chi connectivity index (χ1) is 10.1. The third-order valence-electron chi connectivity index (χ3n) is 3.59. The summed E-state index contributed by atoms with van der Waals surface area (Å²) in [7, 11) is 0. The average molecular weight is 304 g/mol. The summed E-state index contributed by atoms with van der Waals surface area (Å²) in [6.07, 6.45) is 1.13. The molecule has 0 saturated carbocycles. The molecule has 0 radical (unpaired) electrons. The van der Waals surface area contributed by atoms with Gasteiger partial charge in [0.25, 0.3) is 5.22 Å². The fraction of sp³-hybridized carbons (Fsp3) is 0.471. The van der Waals surface area contributed by atoms with Crippen molar-refractivity contribution in [2.75, 3.05) is 12.3 Å². The molecule has 0 aliphatic rings. The number of aromatic nitrogens is 1. The highest BCUT2D eigenvalue weighted by Crippen LogP contribution is 2.27. The molecule has 3 nitrogen and oxygen atoms in total. The van der Waals surface area contributed by atoms with Gasteiger partial charge in [-0.1, -0.05) is 43.0 Å². The van der Waals surface area contributed by atoms with Crippen LogP contribution in [0.3, 0.4) is 0 Å². The van der Waals surface area contributed by atoms with Crippen molar-refractivity contribution in [3.8, 4) is 0 Å². The topological polar surface area (TPSA) is 38.1 Å². The molecule has 0 aliphatic heterocycles. The maximum absolute atomic E-state index is 5.66. The smallest absolute Gasteiger partial charge is 0.256 e. The summed E-state index contributed by atoms with van der Waals surface area (Å²) in [5, 5.41) is 4.39. The Morgan fingerprint density at radius 3 is 2.62 bits per heavy atom. The summed E-state index contributed by atoms with van der Waals surface area (Å²) in [4.78, 5) is 4.45. The lowest BCUT2D eigenvalue weighted by molar-refractivity contribution is 0.430. The Hall–Kier alpha value is -1.26. The molecule has 0 fully saturated rings. The molecule has 0 saturated heterocycles. The van der Waals surface area contributed by atoms with Crippen LogP contribution in [0.2, 0.25) is 0 Å². The SMILES string of the molecule is CCCNC(CSc1nc(C)c(C)o1)c1ccccc1C. The summed E-state index contributed by atoms with van der Waals surface area (Å²) < 4.78 is 5.66. The molecule has 114 valence electrons. The van der Waals surface area contributed by atoms with Gasteiger partial charge in [0, 0.05) is 11.8 Å². The number of thioether (sulfide) groups is 1. The van der Waals surface area contributed by atoms with Gasteiger partial charge in [0.1, 0.15) is 5.76 Å². The summed E-state index contributed by atoms with van der Waals surface area (Å²) >= 11 is 1.68. The normalized spacial score (nSPS) is 12.6. The molecule has 2 aromatic rings. The monoisotopic (exact) mass is 304 g/mol. The Labute approximate surface area is 131 Å². The van der Waals surface area contributed by atoms with Crippen LogP contribution < -0.4 is 5.32 Å². The van der Waals surface area contributed by atoms with Gasteiger partial charge in [0.2, 0.25) is 0 Å². The van der Waals surface area contributed by atoms with Crippen molar-refractivity contribution in [1.29, 1.82) is 0 Å². The van der Waals surface area contributed by atoms with E-state index in [4.69, 9.17) is 4.42 Å². The van der Waals surface area contributed by atoms with E-state index in [1.165, 1.54) is 11.1 Å². The summed E-state index contributed by atoms with van der Waals surface area (Å²) in [6, 6.07) is 8.88. The van der Waals surface area contributed by atoms with Gasteiger partial charge in [0.15, 0.2) is 0 Å². The molecule has 1 N–H and O–H groups in total. The number of hydrogen-bond acceptors (Lipinski definition) is 4. The summed E-state index contributed by atoms with van der Waals surface area (Å²) in [6.45, 7) is 9.32. The molecule has 21 heavy (non-hydrogen) atoms. The van der Waals surface area contributed by atoms with Gasteiger partial charge in [0.05, 0.1) is 5.69 Å². The van der Waals surface area contributed by atoms with E-state index in [2.05, 4.69) is 48.4 Å². The largest absolute Gasteiger partial charge is 0.437 e. The zero-order chi connectivity index (χ0) is 15.2. The fourth-order valence-electron chi connectivity index (χ4n) is 2.21. The van der Waals surface area contributed by atoms with E-state index in [0.717, 1.165) is 35.4 Å². The molecule has 1 atom stereocenters. The molecule has 1 unspecified atom stereocenters. The highest BCUT2D eigenvalue weighted by atomic mass is 32.2. The van der Waals surface area contributed by atoms with Crippen molar-refractivity contribution in [1.82, 2.24) is 10.3 Å². The molecular formula is C17H24N2OS. The van der Waals surface area contributed by atoms with Gasteiger partial charge < -0.3 is 9.73 Å². The Morgan fingerprint density at radius 1 is 1.24 bits per heavy atom. The maximum atomic E-state index is 5.66. The predicted octanol–water partition coefficient (Wildman–Crippen LogP) is 4.43. The van der Waals surface area contributed by atoms with E-state index < -0.39 is 0 Å². The number of nitrogens with one attached hydrogen (secondary N) is 1. The minimum absolute atomic E-state index is 0.323. The summed E-state index contributed by atoms with van der Waals surface area (Å²) in [5.41, 5.74) is 3.66. The van der Waals surface area contributed by atoms with Crippen LogP contribution in [0.4, 0.5) is 0 Å². The minimum atomic E-state index is 0.323. The van der Waals surface area contributed by atoms with Crippen molar-refractivity contribution in [3.05, 3.63) is 46.8 Å². The number of rotatable bonds is 7. The quantitative estimate of drug-likeness (QED) is 0.768. The van der Waals surface area contributed by atoms with Gasteiger partial charge >= 0.3 is 0 Å².